The van der Waals surface area contributed by atoms with Gasteiger partial charge in [-0.05, 0) is 25.6 Å². The average molecular weight is 393 g/mol. The molecule has 29 heavy (non-hydrogen) atoms. The number of hydrogen-bond donors (Lipinski definition) is 1. The van der Waals surface area contributed by atoms with Gasteiger partial charge >= 0.3 is 5.69 Å². The molecule has 0 saturated carbocycles. The van der Waals surface area contributed by atoms with Gasteiger partial charge in [0.15, 0.2) is 0 Å². The molecule has 1 aliphatic rings. The minimum absolute atomic E-state index is 0.109. The smallest absolute Gasteiger partial charge is 0.348 e. The Kier molecular flexibility index (Phi) is 5.22. The Morgan fingerprint density at radius 3 is 2.66 bits per heavy atom. The molecular weight excluding hydrogens is 370 g/mol. The summed E-state index contributed by atoms with van der Waals surface area (Å²) in [5, 5.41) is 16.0. The standard InChI is InChI=1S/C20H23N7O2/c1-3-25-9-11-26(12-10-25)20-18(27(28)29)19(21-13-22-20)24-16-6-4-5-15-8-7-14(2)23-17(15)16/h4-8,13H,3,9-12H2,1-2H3,(H,21,22,24). The Balaban J connectivity index is 1.72. The molecule has 0 radical (unpaired) electrons. The number of para-hydroxylation sites is 1. The number of rotatable bonds is 5. The molecule has 0 bridgehead atoms. The van der Waals surface area contributed by atoms with E-state index in [9.17, 15) is 10.1 Å². The van der Waals surface area contributed by atoms with E-state index in [0.29, 0.717) is 24.6 Å². The quantitative estimate of drug-likeness (QED) is 0.521. The summed E-state index contributed by atoms with van der Waals surface area (Å²) in [4.78, 5) is 28.8. The molecule has 2 aromatic heterocycles. The third-order valence-electron chi connectivity index (χ3n) is 5.22. The number of anilines is 3. The lowest BCUT2D eigenvalue weighted by molar-refractivity contribution is -0.383. The van der Waals surface area contributed by atoms with E-state index in [1.807, 2.05) is 42.2 Å². The van der Waals surface area contributed by atoms with Crippen LogP contribution >= 0.6 is 0 Å². The molecule has 1 aromatic carbocycles. The lowest BCUT2D eigenvalue weighted by Crippen LogP contribution is -2.46. The van der Waals surface area contributed by atoms with Crippen LogP contribution in [0.1, 0.15) is 12.6 Å². The van der Waals surface area contributed by atoms with Crippen molar-refractivity contribution in [1.29, 1.82) is 0 Å². The minimum Gasteiger partial charge on any atom is -0.348 e. The molecular formula is C20H23N7O2. The number of aryl methyl sites for hydroxylation is 1. The first-order valence-electron chi connectivity index (χ1n) is 9.67. The van der Waals surface area contributed by atoms with E-state index in [2.05, 4.69) is 32.1 Å². The number of likely N-dealkylation sites (N-methyl/N-ethyl adjacent to an activating group) is 1. The van der Waals surface area contributed by atoms with Gasteiger partial charge in [0.25, 0.3) is 0 Å². The van der Waals surface area contributed by atoms with E-state index in [-0.39, 0.29) is 11.5 Å². The molecule has 0 spiro atoms. The molecule has 0 amide bonds. The number of pyridine rings is 1. The number of piperazine rings is 1. The van der Waals surface area contributed by atoms with Crippen molar-refractivity contribution in [1.82, 2.24) is 19.9 Å². The molecule has 1 N–H and O–H groups in total. The number of fused-ring (bicyclic) bond motifs is 1. The number of benzene rings is 1. The highest BCUT2D eigenvalue weighted by Crippen LogP contribution is 2.35. The van der Waals surface area contributed by atoms with Gasteiger partial charge in [0.2, 0.25) is 11.6 Å². The van der Waals surface area contributed by atoms with Crippen molar-refractivity contribution in [3.63, 3.8) is 0 Å². The topological polar surface area (TPSA) is 100 Å². The van der Waals surface area contributed by atoms with Crippen LogP contribution in [0.15, 0.2) is 36.7 Å². The number of nitrogens with one attached hydrogen (secondary N) is 1. The summed E-state index contributed by atoms with van der Waals surface area (Å²) in [6.45, 7) is 8.10. The van der Waals surface area contributed by atoms with Crippen molar-refractivity contribution in [3.05, 3.63) is 52.5 Å². The summed E-state index contributed by atoms with van der Waals surface area (Å²) < 4.78 is 0. The lowest BCUT2D eigenvalue weighted by atomic mass is 10.1. The molecule has 1 fully saturated rings. The Hall–Kier alpha value is -3.33. The summed E-state index contributed by atoms with van der Waals surface area (Å²) in [5.74, 6) is 0.529. The zero-order valence-corrected chi connectivity index (χ0v) is 16.5. The van der Waals surface area contributed by atoms with E-state index in [1.54, 1.807) is 0 Å². The molecule has 3 heterocycles. The van der Waals surface area contributed by atoms with Crippen LogP contribution in [0.5, 0.6) is 0 Å². The third kappa shape index (κ3) is 3.81. The maximum Gasteiger partial charge on any atom is 0.353 e. The maximum absolute atomic E-state index is 11.9. The fourth-order valence-corrected chi connectivity index (χ4v) is 3.61. The second-order valence-corrected chi connectivity index (χ2v) is 7.03. The van der Waals surface area contributed by atoms with Crippen LogP contribution < -0.4 is 10.2 Å². The van der Waals surface area contributed by atoms with Crippen molar-refractivity contribution in [2.75, 3.05) is 42.9 Å². The van der Waals surface area contributed by atoms with Gasteiger partial charge in [0, 0.05) is 37.3 Å². The fourth-order valence-electron chi connectivity index (χ4n) is 3.61. The molecule has 150 valence electrons. The van der Waals surface area contributed by atoms with Crippen LogP contribution in [0, 0.1) is 17.0 Å². The first kappa shape index (κ1) is 19.0. The zero-order valence-electron chi connectivity index (χ0n) is 16.5. The van der Waals surface area contributed by atoms with Gasteiger partial charge in [-0.2, -0.15) is 0 Å². The molecule has 9 heteroatoms. The highest BCUT2D eigenvalue weighted by molar-refractivity contribution is 5.93. The van der Waals surface area contributed by atoms with E-state index < -0.39 is 4.92 Å². The Bertz CT molecular complexity index is 1050. The average Bonchev–Trinajstić information content (AvgIpc) is 2.74. The predicted octanol–water partition coefficient (Wildman–Crippen LogP) is 3.13. The van der Waals surface area contributed by atoms with Gasteiger partial charge in [-0.1, -0.05) is 25.1 Å². The van der Waals surface area contributed by atoms with Crippen molar-refractivity contribution in [2.24, 2.45) is 0 Å². The third-order valence-corrected chi connectivity index (χ3v) is 5.22. The van der Waals surface area contributed by atoms with E-state index in [4.69, 9.17) is 0 Å². The van der Waals surface area contributed by atoms with E-state index >= 15 is 0 Å². The molecule has 1 saturated heterocycles. The number of nitro groups is 1. The molecule has 9 nitrogen and oxygen atoms in total. The zero-order chi connectivity index (χ0) is 20.4. The van der Waals surface area contributed by atoms with Crippen LogP contribution in [-0.4, -0.2) is 57.5 Å². The summed E-state index contributed by atoms with van der Waals surface area (Å²) in [7, 11) is 0. The highest BCUT2D eigenvalue weighted by Gasteiger charge is 2.29. The molecule has 0 aliphatic carbocycles. The lowest BCUT2D eigenvalue weighted by Gasteiger charge is -2.34. The van der Waals surface area contributed by atoms with Gasteiger partial charge in [0.05, 0.1) is 16.1 Å². The van der Waals surface area contributed by atoms with E-state index in [1.165, 1.54) is 6.33 Å². The van der Waals surface area contributed by atoms with Gasteiger partial charge in [-0.15, -0.1) is 0 Å². The van der Waals surface area contributed by atoms with Crippen LogP contribution in [0.3, 0.4) is 0 Å². The Morgan fingerprint density at radius 1 is 1.14 bits per heavy atom. The second kappa shape index (κ2) is 7.96. The van der Waals surface area contributed by atoms with Crippen LogP contribution in [-0.2, 0) is 0 Å². The van der Waals surface area contributed by atoms with Crippen molar-refractivity contribution in [2.45, 2.75) is 13.8 Å². The van der Waals surface area contributed by atoms with E-state index in [0.717, 1.165) is 36.2 Å². The van der Waals surface area contributed by atoms with Crippen LogP contribution in [0.2, 0.25) is 0 Å². The predicted molar refractivity (Wildman–Crippen MR) is 113 cm³/mol. The van der Waals surface area contributed by atoms with Crippen molar-refractivity contribution >= 4 is 33.9 Å². The number of nitrogens with zero attached hydrogens (tertiary/aromatic N) is 6. The Morgan fingerprint density at radius 2 is 1.93 bits per heavy atom. The Labute approximate surface area is 168 Å². The second-order valence-electron chi connectivity index (χ2n) is 7.03. The summed E-state index contributed by atoms with van der Waals surface area (Å²) in [5.41, 5.74) is 2.19. The minimum atomic E-state index is -0.409. The SMILES string of the molecule is CCN1CCN(c2ncnc(Nc3cccc4ccc(C)nc34)c2[N+](=O)[O-])CC1. The molecule has 4 rings (SSSR count). The fraction of sp³-hybridized carbons (Fsp3) is 0.350. The van der Waals surface area contributed by atoms with Gasteiger partial charge in [-0.3, -0.25) is 15.1 Å². The molecule has 0 unspecified atom stereocenters. The normalized spacial score (nSPS) is 14.9. The number of aromatic nitrogens is 3. The summed E-state index contributed by atoms with van der Waals surface area (Å²) >= 11 is 0. The van der Waals surface area contributed by atoms with Crippen LogP contribution in [0.4, 0.5) is 23.0 Å². The first-order valence-corrected chi connectivity index (χ1v) is 9.67. The van der Waals surface area contributed by atoms with Crippen molar-refractivity contribution in [3.8, 4) is 0 Å². The van der Waals surface area contributed by atoms with Crippen molar-refractivity contribution < 1.29 is 4.92 Å². The summed E-state index contributed by atoms with van der Waals surface area (Å²) in [6, 6.07) is 9.61. The molecule has 3 aromatic rings. The van der Waals surface area contributed by atoms with Gasteiger partial charge in [-0.25, -0.2) is 9.97 Å². The largest absolute Gasteiger partial charge is 0.353 e. The van der Waals surface area contributed by atoms with Gasteiger partial charge < -0.3 is 15.1 Å². The molecule has 1 aliphatic heterocycles. The maximum atomic E-state index is 11.9. The molecule has 0 atom stereocenters. The monoisotopic (exact) mass is 393 g/mol. The first-order chi connectivity index (χ1) is 14.1. The number of hydrogen-bond acceptors (Lipinski definition) is 8. The van der Waals surface area contributed by atoms with Crippen LogP contribution in [0.25, 0.3) is 10.9 Å². The van der Waals surface area contributed by atoms with Gasteiger partial charge in [0.1, 0.15) is 6.33 Å². The summed E-state index contributed by atoms with van der Waals surface area (Å²) in [6.07, 6.45) is 1.38. The highest BCUT2D eigenvalue weighted by atomic mass is 16.6.